The summed E-state index contributed by atoms with van der Waals surface area (Å²) in [5, 5.41) is 0. The van der Waals surface area contributed by atoms with Crippen LogP contribution in [0.2, 0.25) is 0 Å². The van der Waals surface area contributed by atoms with E-state index in [4.69, 9.17) is 4.11 Å². The average molecular weight is 919 g/mol. The molecule has 0 atom stereocenters. The fourth-order valence-electron chi connectivity index (χ4n) is 7.44. The van der Waals surface area contributed by atoms with Crippen LogP contribution < -0.4 is 0 Å². The summed E-state index contributed by atoms with van der Waals surface area (Å²) >= 11 is 0. The van der Waals surface area contributed by atoms with Crippen LogP contribution in [0.1, 0.15) is 59.9 Å². The monoisotopic (exact) mass is 919 g/mol. The van der Waals surface area contributed by atoms with Crippen molar-refractivity contribution in [3.63, 3.8) is 0 Å². The molecule has 0 aliphatic rings. The zero-order valence-electron chi connectivity index (χ0n) is 44.9. The minimum atomic E-state index is -2.15. The van der Waals surface area contributed by atoms with Crippen molar-refractivity contribution in [1.82, 2.24) is 24.9 Å². The molecular weight excluding hydrogens is 851 g/mol. The summed E-state index contributed by atoms with van der Waals surface area (Å²) in [4.78, 5) is 21.9. The third-order valence-corrected chi connectivity index (χ3v) is 12.0. The summed E-state index contributed by atoms with van der Waals surface area (Å²) in [5.74, 6) is 0. The number of hydrogen-bond donors (Lipinski definition) is 0. The molecule has 0 aliphatic carbocycles. The molecule has 10 rings (SSSR count). The summed E-state index contributed by atoms with van der Waals surface area (Å²) in [7, 11) is 0. The molecule has 0 saturated carbocycles. The van der Waals surface area contributed by atoms with Gasteiger partial charge in [0, 0.05) is 62.4 Å². The Hall–Kier alpha value is -8.15. The quantitative estimate of drug-likeness (QED) is 0.172. The average Bonchev–Trinajstić information content (AvgIpc) is 3.41. The second kappa shape index (κ2) is 25.8. The Labute approximate surface area is 421 Å². The van der Waals surface area contributed by atoms with Crippen molar-refractivity contribution in [2.75, 3.05) is 0 Å². The lowest BCUT2D eigenvalue weighted by molar-refractivity contribution is 1.17. The van der Waals surface area contributed by atoms with Gasteiger partial charge in [-0.2, -0.15) is 0 Å². The van der Waals surface area contributed by atoms with E-state index >= 15 is 0 Å². The zero-order chi connectivity index (χ0) is 52.3. The molecule has 0 radical (unpaired) electrons. The fraction of sp³-hybridized carbons (Fsp3) is 0.154. The molecule has 5 nitrogen and oxygen atoms in total. The summed E-state index contributed by atoms with van der Waals surface area (Å²) in [6.45, 7) is 16.8. The van der Waals surface area contributed by atoms with E-state index in [2.05, 4.69) is 148 Å². The Balaban J connectivity index is 0.000000149. The minimum absolute atomic E-state index is 0.133. The lowest BCUT2D eigenvalue weighted by Crippen LogP contribution is -1.94. The highest BCUT2D eigenvalue weighted by molar-refractivity contribution is 5.66. The number of hydrogen-bond acceptors (Lipinski definition) is 5. The Morgan fingerprint density at radius 1 is 0.314 bits per heavy atom. The molecule has 5 aromatic carbocycles. The van der Waals surface area contributed by atoms with Gasteiger partial charge in [0.1, 0.15) is 0 Å². The van der Waals surface area contributed by atoms with Crippen molar-refractivity contribution in [3.8, 4) is 56.3 Å². The van der Waals surface area contributed by atoms with Gasteiger partial charge < -0.3 is 0 Å². The predicted octanol–water partition coefficient (Wildman–Crippen LogP) is 16.8. The van der Waals surface area contributed by atoms with Crippen LogP contribution in [-0.2, 0) is 0 Å². The Bertz CT molecular complexity index is 3290. The topological polar surface area (TPSA) is 64.5 Å². The van der Waals surface area contributed by atoms with E-state index in [1.165, 1.54) is 78.4 Å². The largest absolute Gasteiger partial charge is 0.256 e. The van der Waals surface area contributed by atoms with Crippen LogP contribution in [0.5, 0.6) is 0 Å². The van der Waals surface area contributed by atoms with E-state index in [1.807, 2.05) is 140 Å². The maximum atomic E-state index is 7.30. The van der Waals surface area contributed by atoms with Crippen LogP contribution in [0.15, 0.2) is 213 Å². The molecular formula is C65H65N5. The van der Waals surface area contributed by atoms with Gasteiger partial charge in [0.15, 0.2) is 0 Å². The van der Waals surface area contributed by atoms with Crippen molar-refractivity contribution in [1.29, 1.82) is 0 Å². The van der Waals surface area contributed by atoms with Gasteiger partial charge in [-0.05, 0) is 144 Å². The van der Waals surface area contributed by atoms with E-state index in [0.29, 0.717) is 5.69 Å². The Morgan fingerprint density at radius 2 is 0.786 bits per heavy atom. The molecule has 0 bridgehead atoms. The Morgan fingerprint density at radius 3 is 1.30 bits per heavy atom. The third kappa shape index (κ3) is 14.7. The van der Waals surface area contributed by atoms with Gasteiger partial charge in [-0.1, -0.05) is 164 Å². The van der Waals surface area contributed by atoms with Crippen LogP contribution in [0.3, 0.4) is 0 Å². The van der Waals surface area contributed by atoms with Crippen molar-refractivity contribution < 1.29 is 4.11 Å². The van der Waals surface area contributed by atoms with Gasteiger partial charge in [0.2, 0.25) is 0 Å². The van der Waals surface area contributed by atoms with Gasteiger partial charge >= 0.3 is 0 Å². The van der Waals surface area contributed by atoms with E-state index in [9.17, 15) is 0 Å². The maximum Gasteiger partial charge on any atom is 0.0733 e. The third-order valence-electron chi connectivity index (χ3n) is 12.0. The highest BCUT2D eigenvalue weighted by atomic mass is 14.7. The number of aromatic nitrogens is 5. The lowest BCUT2D eigenvalue weighted by atomic mass is 10.0. The number of rotatable bonds is 5. The molecule has 350 valence electrons. The van der Waals surface area contributed by atoms with E-state index in [0.717, 1.165) is 28.3 Å². The highest BCUT2D eigenvalue weighted by Gasteiger charge is 2.08. The summed E-state index contributed by atoms with van der Waals surface area (Å²) in [6.07, 6.45) is 7.66. The predicted molar refractivity (Wildman–Crippen MR) is 296 cm³/mol. The first kappa shape index (κ1) is 46.9. The van der Waals surface area contributed by atoms with Crippen molar-refractivity contribution in [2.45, 2.75) is 69.2 Å². The minimum Gasteiger partial charge on any atom is -0.256 e. The molecule has 5 aromatic heterocycles. The van der Waals surface area contributed by atoms with E-state index < -0.39 is 6.85 Å². The molecule has 0 unspecified atom stereocenters. The van der Waals surface area contributed by atoms with Crippen molar-refractivity contribution in [3.05, 3.63) is 269 Å². The number of benzene rings is 5. The highest BCUT2D eigenvalue weighted by Crippen LogP contribution is 2.26. The molecule has 10 aromatic rings. The van der Waals surface area contributed by atoms with Crippen LogP contribution in [0, 0.1) is 69.2 Å². The van der Waals surface area contributed by atoms with Crippen molar-refractivity contribution in [2.24, 2.45) is 0 Å². The first-order valence-electron chi connectivity index (χ1n) is 25.1. The van der Waals surface area contributed by atoms with Gasteiger partial charge in [0.05, 0.1) is 28.5 Å². The van der Waals surface area contributed by atoms with Crippen LogP contribution in [0.25, 0.3) is 56.3 Å². The zero-order valence-corrected chi connectivity index (χ0v) is 41.9. The first-order valence-corrected chi connectivity index (χ1v) is 23.6. The van der Waals surface area contributed by atoms with Crippen LogP contribution in [-0.4, -0.2) is 24.9 Å². The first-order chi connectivity index (χ1) is 35.1. The van der Waals surface area contributed by atoms with Gasteiger partial charge in [0.25, 0.3) is 0 Å². The molecule has 0 saturated heterocycles. The SMILES string of the molecule is Cc1ccnc(-c2ccccc2)c1C.Cc1cnc(-c2ccccc2)c(C)c1.Cc1cnc(-c2ccccc2)c(C)c1C.Cc1cnc(-c2ccccc2)cc1C.[2H]C([2H])([2H])c1cccc(-c2ccccc2)n1. The number of pyridine rings is 5. The molecule has 0 aliphatic heterocycles. The summed E-state index contributed by atoms with van der Waals surface area (Å²) in [5.41, 5.74) is 22.2. The van der Waals surface area contributed by atoms with Crippen molar-refractivity contribution >= 4 is 0 Å². The van der Waals surface area contributed by atoms with E-state index in [1.54, 1.807) is 6.07 Å². The number of aryl methyl sites for hydroxylation is 7. The van der Waals surface area contributed by atoms with E-state index in [-0.39, 0.29) is 5.69 Å². The smallest absolute Gasteiger partial charge is 0.0733 e. The lowest BCUT2D eigenvalue weighted by Gasteiger charge is -2.09. The normalized spacial score (nSPS) is 11.0. The molecule has 5 heterocycles. The maximum absolute atomic E-state index is 7.30. The molecule has 0 fully saturated rings. The standard InChI is InChI=1S/C14H15N.3C13H13N.C12H11N/c1-10-9-15-14(12(3)11(10)2)13-7-5-4-6-8-13;1-10-8-13(14-9-11(10)2)12-6-4-3-5-7-12;1-10-8-11(2)13(14-9-10)12-6-4-3-5-7-12;1-10-8-9-14-13(11(10)2)12-6-4-3-5-7-12;1-10-6-5-9-12(13-10)11-7-3-2-4-8-11/h4-9H,1-3H3;3*3-9H,1-2H3;2-9H,1H3/i;;;;1D3. The molecule has 0 N–H and O–H groups in total. The van der Waals surface area contributed by atoms with Gasteiger partial charge in [-0.3, -0.25) is 24.9 Å². The number of nitrogens with zero attached hydrogens (tertiary/aromatic N) is 5. The second-order valence-electron chi connectivity index (χ2n) is 17.2. The molecule has 70 heavy (non-hydrogen) atoms. The van der Waals surface area contributed by atoms with Crippen LogP contribution >= 0.6 is 0 Å². The van der Waals surface area contributed by atoms with Gasteiger partial charge in [-0.15, -0.1) is 0 Å². The van der Waals surface area contributed by atoms with Crippen LogP contribution in [0.4, 0.5) is 0 Å². The molecule has 5 heteroatoms. The molecule has 0 amide bonds. The van der Waals surface area contributed by atoms with Gasteiger partial charge in [-0.25, -0.2) is 0 Å². The fourth-order valence-corrected chi connectivity index (χ4v) is 7.44. The molecule has 0 spiro atoms. The summed E-state index contributed by atoms with van der Waals surface area (Å²) < 4.78 is 21.9. The summed E-state index contributed by atoms with van der Waals surface area (Å²) in [6, 6.07) is 62.1. The second-order valence-corrected chi connectivity index (χ2v) is 17.2. The Kier molecular flexibility index (Phi) is 17.3.